The minimum atomic E-state index is -0.582. The second-order valence-electron chi connectivity index (χ2n) is 3.98. The molecule has 0 saturated carbocycles. The molecular formula is C14H15NO. The average molecular weight is 213 g/mol. The Hall–Kier alpha value is -1.80. The Morgan fingerprint density at radius 2 is 1.31 bits per heavy atom. The van der Waals surface area contributed by atoms with Gasteiger partial charge in [0.2, 0.25) is 0 Å². The molecule has 0 radical (unpaired) electrons. The average Bonchev–Trinajstić information content (AvgIpc) is 2.30. The summed E-state index contributed by atoms with van der Waals surface area (Å²) < 4.78 is 0. The predicted molar refractivity (Wildman–Crippen MR) is 66.1 cm³/mol. The molecule has 2 nitrogen and oxygen atoms in total. The monoisotopic (exact) mass is 213 g/mol. The van der Waals surface area contributed by atoms with Gasteiger partial charge in [0.05, 0.1) is 0 Å². The molecule has 16 heavy (non-hydrogen) atoms. The standard InChI is InChI=1S/C14H15NO/c1-10-2-4-11(5-3-10)14(16)12-6-8-13(15)9-7-12/h2-9,14,16H,15H2,1H3/t14-/m0/s1. The van der Waals surface area contributed by atoms with Crippen LogP contribution >= 0.6 is 0 Å². The van der Waals surface area contributed by atoms with Gasteiger partial charge in [-0.1, -0.05) is 42.0 Å². The summed E-state index contributed by atoms with van der Waals surface area (Å²) in [4.78, 5) is 0. The van der Waals surface area contributed by atoms with E-state index in [1.807, 2.05) is 43.3 Å². The number of rotatable bonds is 2. The van der Waals surface area contributed by atoms with Crippen LogP contribution in [0.25, 0.3) is 0 Å². The van der Waals surface area contributed by atoms with Crippen molar-refractivity contribution >= 4 is 5.69 Å². The Morgan fingerprint density at radius 1 is 0.875 bits per heavy atom. The summed E-state index contributed by atoms with van der Waals surface area (Å²) in [5, 5.41) is 10.1. The zero-order valence-corrected chi connectivity index (χ0v) is 9.22. The summed E-state index contributed by atoms with van der Waals surface area (Å²) in [7, 11) is 0. The molecule has 0 fully saturated rings. The fourth-order valence-corrected chi connectivity index (χ4v) is 1.62. The second kappa shape index (κ2) is 4.37. The highest BCUT2D eigenvalue weighted by Gasteiger charge is 2.09. The lowest BCUT2D eigenvalue weighted by atomic mass is 10.0. The predicted octanol–water partition coefficient (Wildman–Crippen LogP) is 2.66. The fourth-order valence-electron chi connectivity index (χ4n) is 1.62. The lowest BCUT2D eigenvalue weighted by molar-refractivity contribution is 0.220. The molecule has 2 heteroatoms. The summed E-state index contributed by atoms with van der Waals surface area (Å²) in [6, 6.07) is 15.2. The SMILES string of the molecule is Cc1ccc([C@H](O)c2ccc(N)cc2)cc1. The van der Waals surface area contributed by atoms with Crippen LogP contribution in [0.1, 0.15) is 22.8 Å². The first-order chi connectivity index (χ1) is 7.66. The Bertz CT molecular complexity index is 414. The van der Waals surface area contributed by atoms with Crippen LogP contribution in [0.4, 0.5) is 5.69 Å². The number of hydrogen-bond acceptors (Lipinski definition) is 2. The molecule has 0 bridgehead atoms. The van der Waals surface area contributed by atoms with E-state index in [0.29, 0.717) is 5.69 Å². The van der Waals surface area contributed by atoms with E-state index in [0.717, 1.165) is 11.1 Å². The lowest BCUT2D eigenvalue weighted by Crippen LogP contribution is -1.99. The van der Waals surface area contributed by atoms with Gasteiger partial charge in [-0.2, -0.15) is 0 Å². The summed E-state index contributed by atoms with van der Waals surface area (Å²) in [5.74, 6) is 0. The van der Waals surface area contributed by atoms with Crippen molar-refractivity contribution in [3.05, 3.63) is 65.2 Å². The highest BCUT2D eigenvalue weighted by atomic mass is 16.3. The van der Waals surface area contributed by atoms with Crippen LogP contribution in [0.2, 0.25) is 0 Å². The first-order valence-corrected chi connectivity index (χ1v) is 5.27. The van der Waals surface area contributed by atoms with Crippen LogP contribution in [0.5, 0.6) is 0 Å². The van der Waals surface area contributed by atoms with Crippen LogP contribution < -0.4 is 5.73 Å². The molecule has 2 aromatic carbocycles. The van der Waals surface area contributed by atoms with E-state index in [2.05, 4.69) is 0 Å². The Kier molecular flexibility index (Phi) is 2.93. The summed E-state index contributed by atoms with van der Waals surface area (Å²) in [5.41, 5.74) is 9.26. The van der Waals surface area contributed by atoms with Crippen LogP contribution in [-0.2, 0) is 0 Å². The van der Waals surface area contributed by atoms with Gasteiger partial charge in [-0.3, -0.25) is 0 Å². The highest BCUT2D eigenvalue weighted by Crippen LogP contribution is 2.22. The maximum atomic E-state index is 10.1. The van der Waals surface area contributed by atoms with E-state index in [4.69, 9.17) is 5.73 Å². The third-order valence-electron chi connectivity index (χ3n) is 2.65. The highest BCUT2D eigenvalue weighted by molar-refractivity contribution is 5.41. The number of nitrogen functional groups attached to an aromatic ring is 1. The molecule has 2 rings (SSSR count). The minimum Gasteiger partial charge on any atom is -0.399 e. The normalized spacial score (nSPS) is 12.4. The number of anilines is 1. The van der Waals surface area contributed by atoms with E-state index in [-0.39, 0.29) is 0 Å². The number of aliphatic hydroxyl groups excluding tert-OH is 1. The van der Waals surface area contributed by atoms with Gasteiger partial charge in [-0.25, -0.2) is 0 Å². The molecule has 82 valence electrons. The molecule has 0 saturated heterocycles. The van der Waals surface area contributed by atoms with Gasteiger partial charge in [0.15, 0.2) is 0 Å². The smallest absolute Gasteiger partial charge is 0.104 e. The number of aryl methyl sites for hydroxylation is 1. The molecule has 0 aliphatic heterocycles. The lowest BCUT2D eigenvalue weighted by Gasteiger charge is -2.11. The summed E-state index contributed by atoms with van der Waals surface area (Å²) in [6.45, 7) is 2.03. The molecule has 0 amide bonds. The number of hydrogen-bond donors (Lipinski definition) is 2. The van der Waals surface area contributed by atoms with Crippen molar-refractivity contribution in [1.82, 2.24) is 0 Å². The summed E-state index contributed by atoms with van der Waals surface area (Å²) in [6.07, 6.45) is -0.582. The maximum absolute atomic E-state index is 10.1. The first kappa shape index (κ1) is 10.7. The molecular weight excluding hydrogens is 198 g/mol. The molecule has 1 atom stereocenters. The zero-order valence-electron chi connectivity index (χ0n) is 9.22. The van der Waals surface area contributed by atoms with E-state index in [1.165, 1.54) is 5.56 Å². The van der Waals surface area contributed by atoms with Gasteiger partial charge in [0.1, 0.15) is 6.10 Å². The molecule has 0 unspecified atom stereocenters. The molecule has 2 aromatic rings. The van der Waals surface area contributed by atoms with Crippen molar-refractivity contribution < 1.29 is 5.11 Å². The topological polar surface area (TPSA) is 46.2 Å². The molecule has 3 N–H and O–H groups in total. The van der Waals surface area contributed by atoms with Gasteiger partial charge >= 0.3 is 0 Å². The van der Waals surface area contributed by atoms with Crippen LogP contribution in [0.3, 0.4) is 0 Å². The summed E-state index contributed by atoms with van der Waals surface area (Å²) >= 11 is 0. The van der Waals surface area contributed by atoms with E-state index in [9.17, 15) is 5.11 Å². The Labute approximate surface area is 95.4 Å². The van der Waals surface area contributed by atoms with Gasteiger partial charge in [0, 0.05) is 5.69 Å². The quantitative estimate of drug-likeness (QED) is 0.753. The molecule has 0 aromatic heterocycles. The zero-order chi connectivity index (χ0) is 11.5. The fraction of sp³-hybridized carbons (Fsp3) is 0.143. The van der Waals surface area contributed by atoms with E-state index < -0.39 is 6.10 Å². The van der Waals surface area contributed by atoms with Crippen molar-refractivity contribution in [3.8, 4) is 0 Å². The van der Waals surface area contributed by atoms with Gasteiger partial charge in [0.25, 0.3) is 0 Å². The minimum absolute atomic E-state index is 0.582. The van der Waals surface area contributed by atoms with Crippen LogP contribution in [-0.4, -0.2) is 5.11 Å². The van der Waals surface area contributed by atoms with E-state index in [1.54, 1.807) is 12.1 Å². The van der Waals surface area contributed by atoms with Crippen LogP contribution in [0, 0.1) is 6.92 Å². The maximum Gasteiger partial charge on any atom is 0.104 e. The van der Waals surface area contributed by atoms with Crippen molar-refractivity contribution in [2.24, 2.45) is 0 Å². The van der Waals surface area contributed by atoms with Crippen molar-refractivity contribution in [1.29, 1.82) is 0 Å². The molecule has 0 spiro atoms. The number of benzene rings is 2. The third kappa shape index (κ3) is 2.23. The van der Waals surface area contributed by atoms with Crippen molar-refractivity contribution in [2.45, 2.75) is 13.0 Å². The number of aliphatic hydroxyl groups is 1. The van der Waals surface area contributed by atoms with Gasteiger partial charge < -0.3 is 10.8 Å². The number of nitrogens with two attached hydrogens (primary N) is 1. The Morgan fingerprint density at radius 3 is 1.81 bits per heavy atom. The van der Waals surface area contributed by atoms with Crippen molar-refractivity contribution in [3.63, 3.8) is 0 Å². The second-order valence-corrected chi connectivity index (χ2v) is 3.98. The van der Waals surface area contributed by atoms with E-state index >= 15 is 0 Å². The van der Waals surface area contributed by atoms with Crippen LogP contribution in [0.15, 0.2) is 48.5 Å². The Balaban J connectivity index is 2.28. The van der Waals surface area contributed by atoms with Gasteiger partial charge in [-0.15, -0.1) is 0 Å². The molecule has 0 aliphatic rings. The molecule has 0 heterocycles. The first-order valence-electron chi connectivity index (χ1n) is 5.27. The molecule has 0 aliphatic carbocycles. The van der Waals surface area contributed by atoms with Crippen molar-refractivity contribution in [2.75, 3.05) is 5.73 Å². The largest absolute Gasteiger partial charge is 0.399 e. The van der Waals surface area contributed by atoms with Gasteiger partial charge in [-0.05, 0) is 30.2 Å². The third-order valence-corrected chi connectivity index (χ3v) is 2.65.